The van der Waals surface area contributed by atoms with E-state index < -0.39 is 0 Å². The highest BCUT2D eigenvalue weighted by atomic mass is 16.7. The minimum absolute atomic E-state index is 0.0244. The lowest BCUT2D eigenvalue weighted by Crippen LogP contribution is -2.24. The predicted molar refractivity (Wildman–Crippen MR) is 68.8 cm³/mol. The Kier molecular flexibility index (Phi) is 3.81. The van der Waals surface area contributed by atoms with E-state index in [0.29, 0.717) is 5.92 Å². The summed E-state index contributed by atoms with van der Waals surface area (Å²) >= 11 is 0. The van der Waals surface area contributed by atoms with Gasteiger partial charge in [0, 0.05) is 11.5 Å². The van der Waals surface area contributed by atoms with Gasteiger partial charge in [0.1, 0.15) is 5.75 Å². The lowest BCUT2D eigenvalue weighted by atomic mass is 9.95. The van der Waals surface area contributed by atoms with Gasteiger partial charge < -0.3 is 14.2 Å². The molecule has 0 saturated carbocycles. The van der Waals surface area contributed by atoms with Gasteiger partial charge in [-0.3, -0.25) is 0 Å². The maximum Gasteiger partial charge on any atom is 0.157 e. The molecule has 0 aliphatic carbocycles. The van der Waals surface area contributed by atoms with Crippen LogP contribution in [0.2, 0.25) is 0 Å². The molecule has 98 valence electrons. The van der Waals surface area contributed by atoms with E-state index in [2.05, 4.69) is 18.2 Å². The topological polar surface area (TPSA) is 27.7 Å². The van der Waals surface area contributed by atoms with Crippen molar-refractivity contribution in [2.75, 3.05) is 19.8 Å². The van der Waals surface area contributed by atoms with Crippen LogP contribution < -0.4 is 4.74 Å². The van der Waals surface area contributed by atoms with E-state index in [1.165, 1.54) is 5.56 Å². The van der Waals surface area contributed by atoms with Gasteiger partial charge >= 0.3 is 0 Å². The standard InChI is InChI=1S/C15H20O3/c1-2-7-14-13(6-1)12(11-18-14)5-3-8-15-16-9-4-10-17-15/h1-2,6-7,12,15H,3-5,8-11H2/t12-/m1/s1. The summed E-state index contributed by atoms with van der Waals surface area (Å²) in [7, 11) is 0. The number of para-hydroxylation sites is 1. The third kappa shape index (κ3) is 2.68. The largest absolute Gasteiger partial charge is 0.493 e. The second-order valence-corrected chi connectivity index (χ2v) is 5.00. The average Bonchev–Trinajstić information content (AvgIpc) is 2.84. The molecule has 18 heavy (non-hydrogen) atoms. The van der Waals surface area contributed by atoms with Crippen molar-refractivity contribution in [3.63, 3.8) is 0 Å². The van der Waals surface area contributed by atoms with Crippen LogP contribution in [0.25, 0.3) is 0 Å². The monoisotopic (exact) mass is 248 g/mol. The summed E-state index contributed by atoms with van der Waals surface area (Å²) in [5, 5.41) is 0. The maximum atomic E-state index is 5.69. The first-order valence-electron chi connectivity index (χ1n) is 6.88. The summed E-state index contributed by atoms with van der Waals surface area (Å²) < 4.78 is 16.8. The van der Waals surface area contributed by atoms with Gasteiger partial charge in [-0.25, -0.2) is 0 Å². The fourth-order valence-electron chi connectivity index (χ4n) is 2.70. The van der Waals surface area contributed by atoms with E-state index in [9.17, 15) is 0 Å². The van der Waals surface area contributed by atoms with Crippen molar-refractivity contribution in [3.8, 4) is 5.75 Å². The van der Waals surface area contributed by atoms with Crippen LogP contribution in [-0.2, 0) is 9.47 Å². The zero-order valence-corrected chi connectivity index (χ0v) is 10.6. The Hall–Kier alpha value is -1.06. The molecule has 3 rings (SSSR count). The molecule has 0 spiro atoms. The SMILES string of the molecule is c1ccc2c(c1)OC[C@H]2CCCC1OCCCO1. The Bertz CT molecular complexity index is 385. The smallest absolute Gasteiger partial charge is 0.157 e. The molecule has 0 radical (unpaired) electrons. The van der Waals surface area contributed by atoms with Gasteiger partial charge in [-0.1, -0.05) is 18.2 Å². The summed E-state index contributed by atoms with van der Waals surface area (Å²) in [6.07, 6.45) is 4.34. The van der Waals surface area contributed by atoms with Crippen molar-refractivity contribution in [1.82, 2.24) is 0 Å². The van der Waals surface area contributed by atoms with E-state index in [1.54, 1.807) is 0 Å². The van der Waals surface area contributed by atoms with Gasteiger partial charge in [-0.05, 0) is 31.7 Å². The van der Waals surface area contributed by atoms with Crippen molar-refractivity contribution in [2.45, 2.75) is 37.9 Å². The summed E-state index contributed by atoms with van der Waals surface area (Å²) in [4.78, 5) is 0. The summed E-state index contributed by atoms with van der Waals surface area (Å²) in [5.41, 5.74) is 1.36. The Balaban J connectivity index is 1.47. The minimum atomic E-state index is 0.0244. The van der Waals surface area contributed by atoms with Crippen molar-refractivity contribution in [2.24, 2.45) is 0 Å². The maximum absolute atomic E-state index is 5.69. The molecule has 0 bridgehead atoms. The third-order valence-corrected chi connectivity index (χ3v) is 3.69. The Labute approximate surface area is 108 Å². The Morgan fingerprint density at radius 1 is 1.06 bits per heavy atom. The molecule has 2 aliphatic rings. The minimum Gasteiger partial charge on any atom is -0.493 e. The lowest BCUT2D eigenvalue weighted by molar-refractivity contribution is -0.181. The van der Waals surface area contributed by atoms with Crippen LogP contribution in [0.4, 0.5) is 0 Å². The molecule has 3 nitrogen and oxygen atoms in total. The highest BCUT2D eigenvalue weighted by Crippen LogP contribution is 2.36. The van der Waals surface area contributed by atoms with Gasteiger partial charge in [0.05, 0.1) is 19.8 Å². The van der Waals surface area contributed by atoms with Crippen molar-refractivity contribution >= 4 is 0 Å². The third-order valence-electron chi connectivity index (χ3n) is 3.69. The zero-order chi connectivity index (χ0) is 12.2. The molecule has 0 amide bonds. The Morgan fingerprint density at radius 3 is 2.78 bits per heavy atom. The highest BCUT2D eigenvalue weighted by Gasteiger charge is 2.23. The quantitative estimate of drug-likeness (QED) is 0.819. The van der Waals surface area contributed by atoms with Crippen LogP contribution in [0, 0.1) is 0 Å². The molecule has 1 aromatic rings. The van der Waals surface area contributed by atoms with Crippen molar-refractivity contribution in [1.29, 1.82) is 0 Å². The van der Waals surface area contributed by atoms with Gasteiger partial charge in [-0.15, -0.1) is 0 Å². The van der Waals surface area contributed by atoms with Crippen molar-refractivity contribution in [3.05, 3.63) is 29.8 Å². The molecule has 1 saturated heterocycles. The predicted octanol–water partition coefficient (Wildman–Crippen LogP) is 3.10. The van der Waals surface area contributed by atoms with Crippen LogP contribution in [0.15, 0.2) is 24.3 Å². The summed E-state index contributed by atoms with van der Waals surface area (Å²) in [5.74, 6) is 1.61. The molecule has 2 aliphatic heterocycles. The number of benzene rings is 1. The number of hydrogen-bond donors (Lipinski definition) is 0. The van der Waals surface area contributed by atoms with Crippen LogP contribution in [0.5, 0.6) is 5.75 Å². The van der Waals surface area contributed by atoms with Crippen molar-refractivity contribution < 1.29 is 14.2 Å². The first-order chi connectivity index (χ1) is 8.93. The molecule has 0 N–H and O–H groups in total. The molecule has 1 atom stereocenters. The first-order valence-corrected chi connectivity index (χ1v) is 6.88. The number of ether oxygens (including phenoxy) is 3. The second-order valence-electron chi connectivity index (χ2n) is 5.00. The van der Waals surface area contributed by atoms with Crippen LogP contribution in [0.1, 0.15) is 37.2 Å². The van der Waals surface area contributed by atoms with Crippen LogP contribution >= 0.6 is 0 Å². The molecule has 1 aromatic carbocycles. The lowest BCUT2D eigenvalue weighted by Gasteiger charge is -2.23. The fraction of sp³-hybridized carbons (Fsp3) is 0.600. The van der Waals surface area contributed by atoms with Crippen LogP contribution in [0.3, 0.4) is 0 Å². The number of fused-ring (bicyclic) bond motifs is 1. The van der Waals surface area contributed by atoms with E-state index in [1.807, 2.05) is 6.07 Å². The Morgan fingerprint density at radius 2 is 1.89 bits per heavy atom. The fourth-order valence-corrected chi connectivity index (χ4v) is 2.70. The van der Waals surface area contributed by atoms with Gasteiger partial charge in [0.2, 0.25) is 0 Å². The molecule has 3 heteroatoms. The normalized spacial score (nSPS) is 23.7. The highest BCUT2D eigenvalue weighted by molar-refractivity contribution is 5.39. The molecule has 1 fully saturated rings. The van der Waals surface area contributed by atoms with E-state index >= 15 is 0 Å². The van der Waals surface area contributed by atoms with Crippen LogP contribution in [-0.4, -0.2) is 26.1 Å². The number of hydrogen-bond acceptors (Lipinski definition) is 3. The summed E-state index contributed by atoms with van der Waals surface area (Å²) in [6, 6.07) is 8.36. The van der Waals surface area contributed by atoms with Gasteiger partial charge in [0.15, 0.2) is 6.29 Å². The molecular formula is C15H20O3. The first kappa shape index (κ1) is 12.0. The van der Waals surface area contributed by atoms with E-state index in [0.717, 1.165) is 51.3 Å². The second kappa shape index (κ2) is 5.72. The average molecular weight is 248 g/mol. The van der Waals surface area contributed by atoms with E-state index in [-0.39, 0.29) is 6.29 Å². The molecular weight excluding hydrogens is 228 g/mol. The zero-order valence-electron chi connectivity index (χ0n) is 10.6. The molecule has 0 unspecified atom stereocenters. The number of rotatable bonds is 4. The summed E-state index contributed by atoms with van der Waals surface area (Å²) in [6.45, 7) is 2.52. The molecule has 2 heterocycles. The van der Waals surface area contributed by atoms with E-state index in [4.69, 9.17) is 14.2 Å². The molecule has 0 aromatic heterocycles. The van der Waals surface area contributed by atoms with Gasteiger partial charge in [0.25, 0.3) is 0 Å². The van der Waals surface area contributed by atoms with Gasteiger partial charge in [-0.2, -0.15) is 0 Å².